The Morgan fingerprint density at radius 3 is 2.43 bits per heavy atom. The fourth-order valence-corrected chi connectivity index (χ4v) is 5.41. The second kappa shape index (κ2) is 8.64. The molecule has 0 bridgehead atoms. The van der Waals surface area contributed by atoms with Crippen LogP contribution in [-0.2, 0) is 16.6 Å². The van der Waals surface area contributed by atoms with Crippen molar-refractivity contribution in [2.24, 2.45) is 0 Å². The third kappa shape index (κ3) is 4.15. The number of carbonyl (C=O) groups excluding carboxylic acids is 1. The van der Waals surface area contributed by atoms with Gasteiger partial charge < -0.3 is 4.57 Å². The second-order valence-electron chi connectivity index (χ2n) is 8.08. The molecular formula is C24H28N2O3S. The van der Waals surface area contributed by atoms with E-state index in [0.29, 0.717) is 18.2 Å². The highest BCUT2D eigenvalue weighted by atomic mass is 32.2. The average molecular weight is 425 g/mol. The average Bonchev–Trinajstić information content (AvgIpc) is 3.13. The Labute approximate surface area is 178 Å². The quantitative estimate of drug-likeness (QED) is 0.590. The first kappa shape index (κ1) is 20.7. The summed E-state index contributed by atoms with van der Waals surface area (Å²) < 4.78 is 29.8. The van der Waals surface area contributed by atoms with Crippen molar-refractivity contribution >= 4 is 26.8 Å². The normalized spacial score (nSPS) is 15.4. The number of nitrogens with zero attached hydrogens (tertiary/aromatic N) is 1. The molecule has 0 radical (unpaired) electrons. The lowest BCUT2D eigenvalue weighted by Gasteiger charge is -2.22. The number of fused-ring (bicyclic) bond motifs is 1. The number of aryl methyl sites for hydroxylation is 1. The number of aromatic nitrogens is 1. The highest BCUT2D eigenvalue weighted by Gasteiger charge is 2.23. The molecule has 2 aromatic carbocycles. The van der Waals surface area contributed by atoms with Crippen LogP contribution in [0.4, 0.5) is 0 Å². The number of hydrogen-bond acceptors (Lipinski definition) is 3. The molecule has 1 aliphatic carbocycles. The fourth-order valence-electron chi connectivity index (χ4n) is 4.45. The number of nitrogens with one attached hydrogen (secondary N) is 1. The Morgan fingerprint density at radius 2 is 1.73 bits per heavy atom. The molecular weight excluding hydrogens is 396 g/mol. The van der Waals surface area contributed by atoms with E-state index in [9.17, 15) is 13.2 Å². The molecule has 158 valence electrons. The predicted molar refractivity (Wildman–Crippen MR) is 119 cm³/mol. The van der Waals surface area contributed by atoms with E-state index in [0.717, 1.165) is 30.2 Å². The van der Waals surface area contributed by atoms with Gasteiger partial charge in [0.25, 0.3) is 15.9 Å². The fraction of sp³-hybridized carbons (Fsp3) is 0.375. The molecule has 6 heteroatoms. The van der Waals surface area contributed by atoms with Gasteiger partial charge in [0.05, 0.1) is 4.90 Å². The standard InChI is InChI=1S/C24H28N2O3S/c1-2-16-26-22-11-7-6-10-20(22)17-23(26)24(27)25-30(28,29)21-14-12-19(13-15-21)18-8-4-3-5-9-18/h6-7,10-15,17-18H,2-5,8-9,16H2,1H3,(H,25,27). The van der Waals surface area contributed by atoms with Gasteiger partial charge in [0, 0.05) is 17.4 Å². The second-order valence-corrected chi connectivity index (χ2v) is 9.76. The number of para-hydroxylation sites is 1. The van der Waals surface area contributed by atoms with Crippen molar-refractivity contribution in [1.82, 2.24) is 9.29 Å². The van der Waals surface area contributed by atoms with Gasteiger partial charge in [0.15, 0.2) is 0 Å². The molecule has 1 aliphatic rings. The van der Waals surface area contributed by atoms with Crippen LogP contribution in [0.15, 0.2) is 59.5 Å². The molecule has 4 rings (SSSR count). The number of carbonyl (C=O) groups is 1. The van der Waals surface area contributed by atoms with Crippen LogP contribution in [0, 0.1) is 0 Å². The molecule has 0 aliphatic heterocycles. The zero-order chi connectivity index (χ0) is 21.1. The van der Waals surface area contributed by atoms with Crippen molar-refractivity contribution in [3.8, 4) is 0 Å². The summed E-state index contributed by atoms with van der Waals surface area (Å²) in [5.74, 6) is -0.0918. The summed E-state index contributed by atoms with van der Waals surface area (Å²) in [6, 6.07) is 16.5. The number of hydrogen-bond donors (Lipinski definition) is 1. The van der Waals surface area contributed by atoms with E-state index in [2.05, 4.69) is 4.72 Å². The maximum absolute atomic E-state index is 12.9. The van der Waals surface area contributed by atoms with E-state index >= 15 is 0 Å². The van der Waals surface area contributed by atoms with E-state index in [-0.39, 0.29) is 4.90 Å². The number of benzene rings is 2. The molecule has 0 unspecified atom stereocenters. The van der Waals surface area contributed by atoms with Gasteiger partial charge in [-0.25, -0.2) is 13.1 Å². The Hall–Kier alpha value is -2.60. The number of rotatable bonds is 6. The van der Waals surface area contributed by atoms with Crippen LogP contribution in [0.25, 0.3) is 10.9 Å². The van der Waals surface area contributed by atoms with Crippen molar-refractivity contribution in [3.05, 3.63) is 65.9 Å². The van der Waals surface area contributed by atoms with Gasteiger partial charge in [-0.15, -0.1) is 0 Å². The van der Waals surface area contributed by atoms with Gasteiger partial charge in [-0.05, 0) is 55.0 Å². The zero-order valence-electron chi connectivity index (χ0n) is 17.3. The monoisotopic (exact) mass is 424 g/mol. The van der Waals surface area contributed by atoms with Gasteiger partial charge >= 0.3 is 0 Å². The highest BCUT2D eigenvalue weighted by Crippen LogP contribution is 2.33. The van der Waals surface area contributed by atoms with Gasteiger partial charge in [0.1, 0.15) is 5.69 Å². The summed E-state index contributed by atoms with van der Waals surface area (Å²) in [6.07, 6.45) is 6.90. The molecule has 1 fully saturated rings. The van der Waals surface area contributed by atoms with Crippen LogP contribution in [0.3, 0.4) is 0 Å². The summed E-state index contributed by atoms with van der Waals surface area (Å²) in [6.45, 7) is 2.67. The Bertz CT molecular complexity index is 1140. The Morgan fingerprint density at radius 1 is 1.03 bits per heavy atom. The van der Waals surface area contributed by atoms with Crippen LogP contribution in [0.2, 0.25) is 0 Å². The van der Waals surface area contributed by atoms with Crippen LogP contribution < -0.4 is 4.72 Å². The largest absolute Gasteiger partial charge is 0.336 e. The Balaban J connectivity index is 1.56. The molecule has 1 amide bonds. The lowest BCUT2D eigenvalue weighted by Crippen LogP contribution is -2.32. The summed E-state index contributed by atoms with van der Waals surface area (Å²) in [7, 11) is -3.94. The first-order chi connectivity index (χ1) is 14.5. The molecule has 5 nitrogen and oxygen atoms in total. The SMILES string of the molecule is CCCn1c(C(=O)NS(=O)(=O)c2ccc(C3CCCCC3)cc2)cc2ccccc21. The zero-order valence-corrected chi connectivity index (χ0v) is 18.1. The van der Waals surface area contributed by atoms with E-state index in [4.69, 9.17) is 0 Å². The molecule has 0 spiro atoms. The van der Waals surface area contributed by atoms with Crippen molar-refractivity contribution in [2.45, 2.75) is 62.8 Å². The van der Waals surface area contributed by atoms with Crippen molar-refractivity contribution in [3.63, 3.8) is 0 Å². The van der Waals surface area contributed by atoms with Crippen LogP contribution in [-0.4, -0.2) is 18.9 Å². The minimum Gasteiger partial charge on any atom is -0.336 e. The van der Waals surface area contributed by atoms with Gasteiger partial charge in [-0.1, -0.05) is 56.5 Å². The summed E-state index contributed by atoms with van der Waals surface area (Å²) in [4.78, 5) is 13.0. The van der Waals surface area contributed by atoms with Crippen LogP contribution in [0.1, 0.15) is 67.4 Å². The van der Waals surface area contributed by atoms with E-state index in [1.54, 1.807) is 18.2 Å². The summed E-state index contributed by atoms with van der Waals surface area (Å²) in [5.41, 5.74) is 2.47. The first-order valence-corrected chi connectivity index (χ1v) is 12.2. The predicted octanol–water partition coefficient (Wildman–Crippen LogP) is 5.22. The van der Waals surface area contributed by atoms with Gasteiger partial charge in [0.2, 0.25) is 0 Å². The molecule has 1 heterocycles. The lowest BCUT2D eigenvalue weighted by molar-refractivity contribution is 0.0972. The molecule has 0 saturated heterocycles. The minimum atomic E-state index is -3.94. The lowest BCUT2D eigenvalue weighted by atomic mass is 9.84. The minimum absolute atomic E-state index is 0.119. The van der Waals surface area contributed by atoms with Crippen molar-refractivity contribution < 1.29 is 13.2 Å². The Kier molecular flexibility index (Phi) is 5.95. The van der Waals surface area contributed by atoms with E-state index in [1.165, 1.54) is 24.8 Å². The molecule has 0 atom stereocenters. The molecule has 1 saturated carbocycles. The third-order valence-corrected chi connectivity index (χ3v) is 7.33. The summed E-state index contributed by atoms with van der Waals surface area (Å²) >= 11 is 0. The maximum Gasteiger partial charge on any atom is 0.281 e. The van der Waals surface area contributed by atoms with Gasteiger partial charge in [-0.2, -0.15) is 0 Å². The van der Waals surface area contributed by atoms with E-state index < -0.39 is 15.9 Å². The molecule has 1 N–H and O–H groups in total. The summed E-state index contributed by atoms with van der Waals surface area (Å²) in [5, 5.41) is 0.922. The van der Waals surface area contributed by atoms with Gasteiger partial charge in [-0.3, -0.25) is 4.79 Å². The topological polar surface area (TPSA) is 68.2 Å². The smallest absolute Gasteiger partial charge is 0.281 e. The molecule has 30 heavy (non-hydrogen) atoms. The molecule has 3 aromatic rings. The first-order valence-electron chi connectivity index (χ1n) is 10.7. The maximum atomic E-state index is 12.9. The number of sulfonamides is 1. The number of amides is 1. The van der Waals surface area contributed by atoms with Crippen molar-refractivity contribution in [2.75, 3.05) is 0 Å². The third-order valence-electron chi connectivity index (χ3n) is 5.98. The van der Waals surface area contributed by atoms with Crippen molar-refractivity contribution in [1.29, 1.82) is 0 Å². The van der Waals surface area contributed by atoms with Crippen LogP contribution in [0.5, 0.6) is 0 Å². The highest BCUT2D eigenvalue weighted by molar-refractivity contribution is 7.90. The van der Waals surface area contributed by atoms with Crippen LogP contribution >= 0.6 is 0 Å². The van der Waals surface area contributed by atoms with E-state index in [1.807, 2.05) is 47.9 Å². The molecule has 1 aromatic heterocycles.